The highest BCUT2D eigenvalue weighted by atomic mass is 32.2. The first-order chi connectivity index (χ1) is 15.2. The maximum atomic E-state index is 13.5. The second kappa shape index (κ2) is 10.2. The summed E-state index contributed by atoms with van der Waals surface area (Å²) in [5.74, 6) is -0.262. The zero-order valence-electron chi connectivity index (χ0n) is 20.8. The van der Waals surface area contributed by atoms with Gasteiger partial charge in [-0.3, -0.25) is 9.59 Å². The van der Waals surface area contributed by atoms with E-state index in [1.165, 1.54) is 16.8 Å². The normalized spacial score (nSPS) is 18.7. The van der Waals surface area contributed by atoms with Crippen LogP contribution < -0.4 is 10.6 Å². The second-order valence-electron chi connectivity index (χ2n) is 10.6. The summed E-state index contributed by atoms with van der Waals surface area (Å²) in [7, 11) is 0. The van der Waals surface area contributed by atoms with Crippen molar-refractivity contribution in [3.8, 4) is 0 Å². The zero-order chi connectivity index (χ0) is 25.0. The van der Waals surface area contributed by atoms with Crippen LogP contribution in [0.1, 0.15) is 61.0 Å². The summed E-state index contributed by atoms with van der Waals surface area (Å²) < 4.78 is 5.27. The lowest BCUT2D eigenvalue weighted by molar-refractivity contribution is -0.143. The fourth-order valence-electron chi connectivity index (χ4n) is 2.84. The Morgan fingerprint density at radius 3 is 2.18 bits per heavy atom. The standard InChI is InChI=1S/C24H36N4O4S/c1-16(2)14-32-21(31)25-15-24(17-12-10-9-11-13-17)28(19(30)23(6,7)8)27-20(33-24)26-18(29)22(3,4)5/h9-13,16H,14-15H2,1-8H3,(H,25,31)(H,26,27,29). The van der Waals surface area contributed by atoms with Crippen LogP contribution in [-0.4, -0.2) is 41.2 Å². The molecule has 8 nitrogen and oxygen atoms in total. The highest BCUT2D eigenvalue weighted by Gasteiger charge is 2.51. The van der Waals surface area contributed by atoms with Crippen molar-refractivity contribution in [1.29, 1.82) is 0 Å². The summed E-state index contributed by atoms with van der Waals surface area (Å²) in [6.45, 7) is 15.1. The summed E-state index contributed by atoms with van der Waals surface area (Å²) in [6.07, 6.45) is -0.574. The van der Waals surface area contributed by atoms with Gasteiger partial charge in [0.1, 0.15) is 0 Å². The number of thioether (sulfide) groups is 1. The number of rotatable bonds is 5. The van der Waals surface area contributed by atoms with Crippen molar-refractivity contribution in [1.82, 2.24) is 15.6 Å². The first-order valence-corrected chi connectivity index (χ1v) is 11.9. The van der Waals surface area contributed by atoms with Gasteiger partial charge in [-0.1, -0.05) is 85.7 Å². The van der Waals surface area contributed by atoms with Crippen LogP contribution in [0.15, 0.2) is 35.4 Å². The van der Waals surface area contributed by atoms with Crippen molar-refractivity contribution in [3.05, 3.63) is 35.9 Å². The van der Waals surface area contributed by atoms with Crippen LogP contribution in [0.5, 0.6) is 0 Å². The highest BCUT2D eigenvalue weighted by Crippen LogP contribution is 2.46. The first-order valence-electron chi connectivity index (χ1n) is 11.1. The Kier molecular flexibility index (Phi) is 8.22. The zero-order valence-corrected chi connectivity index (χ0v) is 21.6. The van der Waals surface area contributed by atoms with Gasteiger partial charge in [-0.05, 0) is 23.2 Å². The number of carbonyl (C=O) groups excluding carboxylic acids is 3. The van der Waals surface area contributed by atoms with Crippen LogP contribution in [0.25, 0.3) is 0 Å². The molecule has 0 fully saturated rings. The molecule has 182 valence electrons. The Bertz CT molecular complexity index is 903. The van der Waals surface area contributed by atoms with Crippen molar-refractivity contribution in [2.75, 3.05) is 13.2 Å². The Hall–Kier alpha value is -2.55. The fraction of sp³-hybridized carbons (Fsp3) is 0.583. The number of hydrogen-bond donors (Lipinski definition) is 2. The predicted molar refractivity (Wildman–Crippen MR) is 131 cm³/mol. The number of nitrogens with one attached hydrogen (secondary N) is 2. The SMILES string of the molecule is CC(C)COC(=O)NCC1(c2ccccc2)SC(NC(=O)C(C)(C)C)=NN1C(=O)C(C)(C)C. The topological polar surface area (TPSA) is 100 Å². The van der Waals surface area contributed by atoms with Gasteiger partial charge in [0.25, 0.3) is 0 Å². The van der Waals surface area contributed by atoms with E-state index in [-0.39, 0.29) is 30.9 Å². The van der Waals surface area contributed by atoms with E-state index >= 15 is 0 Å². The molecule has 0 radical (unpaired) electrons. The molecular formula is C24H36N4O4S. The molecule has 33 heavy (non-hydrogen) atoms. The van der Waals surface area contributed by atoms with Crippen LogP contribution >= 0.6 is 11.8 Å². The molecule has 0 spiro atoms. The van der Waals surface area contributed by atoms with Gasteiger partial charge in [-0.15, -0.1) is 5.10 Å². The molecule has 1 aromatic carbocycles. The first kappa shape index (κ1) is 26.7. The smallest absolute Gasteiger partial charge is 0.407 e. The van der Waals surface area contributed by atoms with Crippen LogP contribution in [0.4, 0.5) is 4.79 Å². The van der Waals surface area contributed by atoms with Gasteiger partial charge in [0.05, 0.1) is 13.2 Å². The molecule has 2 rings (SSSR count). The van der Waals surface area contributed by atoms with Crippen LogP contribution in [0.2, 0.25) is 0 Å². The molecule has 0 bridgehead atoms. The maximum absolute atomic E-state index is 13.5. The second-order valence-corrected chi connectivity index (χ2v) is 11.8. The van der Waals surface area contributed by atoms with Crippen molar-refractivity contribution in [2.45, 2.75) is 60.3 Å². The Labute approximate surface area is 200 Å². The largest absolute Gasteiger partial charge is 0.449 e. The molecule has 1 heterocycles. The molecule has 0 saturated heterocycles. The summed E-state index contributed by atoms with van der Waals surface area (Å²) in [5.41, 5.74) is -0.620. The van der Waals surface area contributed by atoms with E-state index in [4.69, 9.17) is 4.74 Å². The summed E-state index contributed by atoms with van der Waals surface area (Å²) >= 11 is 1.23. The molecular weight excluding hydrogens is 440 g/mol. The quantitative estimate of drug-likeness (QED) is 0.661. The van der Waals surface area contributed by atoms with Gasteiger partial charge in [-0.2, -0.15) is 0 Å². The molecule has 1 unspecified atom stereocenters. The molecule has 1 aliphatic heterocycles. The molecule has 9 heteroatoms. The summed E-state index contributed by atoms with van der Waals surface area (Å²) in [5, 5.41) is 11.9. The minimum absolute atomic E-state index is 0.0405. The van der Waals surface area contributed by atoms with E-state index in [2.05, 4.69) is 15.7 Å². The van der Waals surface area contributed by atoms with Gasteiger partial charge in [0, 0.05) is 10.8 Å². The van der Waals surface area contributed by atoms with Crippen LogP contribution in [-0.2, 0) is 19.2 Å². The number of alkyl carbamates (subject to hydrolysis) is 1. The summed E-state index contributed by atoms with van der Waals surface area (Å²) in [6, 6.07) is 9.35. The molecule has 3 amide bonds. The summed E-state index contributed by atoms with van der Waals surface area (Å²) in [4.78, 5) is 37.4. The van der Waals surface area contributed by atoms with Gasteiger partial charge in [-0.25, -0.2) is 9.80 Å². The fourth-order valence-corrected chi connectivity index (χ4v) is 4.03. The van der Waals surface area contributed by atoms with Gasteiger partial charge >= 0.3 is 6.09 Å². The van der Waals surface area contributed by atoms with Gasteiger partial charge in [0.2, 0.25) is 11.8 Å². The third-order valence-corrected chi connectivity index (χ3v) is 6.05. The van der Waals surface area contributed by atoms with Crippen molar-refractivity contribution in [3.63, 3.8) is 0 Å². The van der Waals surface area contributed by atoms with E-state index in [1.807, 2.05) is 44.2 Å². The van der Waals surface area contributed by atoms with E-state index in [9.17, 15) is 14.4 Å². The number of ether oxygens (including phenoxy) is 1. The number of amides is 3. The molecule has 0 saturated carbocycles. The van der Waals surface area contributed by atoms with Crippen molar-refractivity contribution in [2.24, 2.45) is 21.8 Å². The number of benzene rings is 1. The van der Waals surface area contributed by atoms with E-state index in [1.54, 1.807) is 41.5 Å². The minimum atomic E-state index is -1.09. The Morgan fingerprint density at radius 2 is 1.67 bits per heavy atom. The lowest BCUT2D eigenvalue weighted by atomic mass is 9.93. The number of hydrogen-bond acceptors (Lipinski definition) is 6. The molecule has 1 aliphatic rings. The van der Waals surface area contributed by atoms with Gasteiger partial charge in [0.15, 0.2) is 10.0 Å². The Morgan fingerprint density at radius 1 is 1.06 bits per heavy atom. The Balaban J connectivity index is 2.46. The van der Waals surface area contributed by atoms with Crippen molar-refractivity contribution >= 4 is 34.8 Å². The van der Waals surface area contributed by atoms with E-state index < -0.39 is 21.8 Å². The lowest BCUT2D eigenvalue weighted by Crippen LogP contribution is -2.52. The van der Waals surface area contributed by atoms with E-state index in [0.717, 1.165) is 5.56 Å². The molecule has 2 N–H and O–H groups in total. The average molecular weight is 477 g/mol. The third kappa shape index (κ3) is 6.72. The highest BCUT2D eigenvalue weighted by molar-refractivity contribution is 8.14. The lowest BCUT2D eigenvalue weighted by Gasteiger charge is -2.38. The third-order valence-electron chi connectivity index (χ3n) is 4.78. The number of nitrogens with zero attached hydrogens (tertiary/aromatic N) is 2. The number of carbonyl (C=O) groups is 3. The van der Waals surface area contributed by atoms with Crippen LogP contribution in [0.3, 0.4) is 0 Å². The molecule has 1 aromatic rings. The van der Waals surface area contributed by atoms with Crippen LogP contribution in [0, 0.1) is 16.7 Å². The van der Waals surface area contributed by atoms with Gasteiger partial charge < -0.3 is 15.4 Å². The van der Waals surface area contributed by atoms with Crippen molar-refractivity contribution < 1.29 is 19.1 Å². The molecule has 0 aliphatic carbocycles. The number of hydrazone groups is 1. The average Bonchev–Trinajstić information content (AvgIpc) is 3.08. The monoisotopic (exact) mass is 476 g/mol. The predicted octanol–water partition coefficient (Wildman–Crippen LogP) is 4.28. The maximum Gasteiger partial charge on any atom is 0.407 e. The minimum Gasteiger partial charge on any atom is -0.449 e. The molecule has 0 aromatic heterocycles. The number of amidine groups is 1. The van der Waals surface area contributed by atoms with E-state index in [0.29, 0.717) is 5.17 Å². The molecule has 1 atom stereocenters.